The van der Waals surface area contributed by atoms with Crippen molar-refractivity contribution < 1.29 is 0 Å². The molecule has 2 heterocycles. The molecule has 0 saturated carbocycles. The molecule has 0 saturated heterocycles. The van der Waals surface area contributed by atoms with Crippen molar-refractivity contribution in [2.75, 3.05) is 0 Å². The van der Waals surface area contributed by atoms with Crippen LogP contribution in [0.4, 0.5) is 0 Å². The van der Waals surface area contributed by atoms with Crippen LogP contribution in [0.15, 0.2) is 212 Å². The number of aliphatic imine (C=N–C) groups is 1. The second kappa shape index (κ2) is 15.3. The highest BCUT2D eigenvalue weighted by Crippen LogP contribution is 2.57. The summed E-state index contributed by atoms with van der Waals surface area (Å²) in [6, 6.07) is 65.5. The van der Waals surface area contributed by atoms with E-state index in [4.69, 9.17) is 4.98 Å². The molecule has 1 aliphatic rings. The topological polar surface area (TPSA) is 38.1 Å². The molecule has 0 bridgehead atoms. The highest BCUT2D eigenvalue weighted by molar-refractivity contribution is 6.22. The van der Waals surface area contributed by atoms with Gasteiger partial charge in [0.05, 0.1) is 22.8 Å². The van der Waals surface area contributed by atoms with E-state index in [0.717, 1.165) is 45.0 Å². The van der Waals surface area contributed by atoms with E-state index in [0.29, 0.717) is 0 Å². The van der Waals surface area contributed by atoms with Crippen LogP contribution in [0.25, 0.3) is 106 Å². The van der Waals surface area contributed by atoms with E-state index in [9.17, 15) is 0 Å². The Balaban J connectivity index is 1.08. The lowest BCUT2D eigenvalue weighted by Gasteiger charge is -2.21. The van der Waals surface area contributed by atoms with E-state index < -0.39 is 0 Å². The second-order valence-corrected chi connectivity index (χ2v) is 14.7. The molecule has 2 aromatic heterocycles. The quantitative estimate of drug-likeness (QED) is 0.109. The Labute approximate surface area is 345 Å². The van der Waals surface area contributed by atoms with Gasteiger partial charge < -0.3 is 0 Å². The molecule has 0 amide bonds. The molecule has 0 atom stereocenters. The summed E-state index contributed by atoms with van der Waals surface area (Å²) in [6.07, 6.45) is 7.20. The van der Waals surface area contributed by atoms with Crippen LogP contribution in [0.5, 0.6) is 0 Å². The van der Waals surface area contributed by atoms with Crippen LogP contribution in [0.3, 0.4) is 0 Å². The molecule has 9 aromatic rings. The zero-order valence-electron chi connectivity index (χ0n) is 32.7. The van der Waals surface area contributed by atoms with Crippen LogP contribution in [-0.2, 0) is 0 Å². The van der Waals surface area contributed by atoms with Gasteiger partial charge in [0.25, 0.3) is 0 Å². The summed E-state index contributed by atoms with van der Waals surface area (Å²) in [5.41, 5.74) is 20.1. The molecule has 0 unspecified atom stereocenters. The summed E-state index contributed by atoms with van der Waals surface area (Å²) in [5, 5.41) is 2.60. The summed E-state index contributed by atoms with van der Waals surface area (Å²) in [4.78, 5) is 14.2. The standard InChI is InChI=1S/C56H39N3/c1-3-15-49(57-4-2)51-34-44(35-52(59-51)50-24-11-12-33-58-50)39-27-25-37(26-28-39)38-29-31-41(32-30-38)47-36-48(40-16-7-5-8-17-40)55-45-22-13-20-42-21-14-23-46(53(42)45)56(55)54(47)43-18-9-6-10-19-43/h3-36H,1H2,2H3/b49-15-,57-4?. The van der Waals surface area contributed by atoms with Gasteiger partial charge in [-0.05, 0) is 132 Å². The second-order valence-electron chi connectivity index (χ2n) is 14.7. The summed E-state index contributed by atoms with van der Waals surface area (Å²) < 4.78 is 0. The number of fused-ring (bicyclic) bond motifs is 3. The van der Waals surface area contributed by atoms with Gasteiger partial charge in [0.15, 0.2) is 0 Å². The van der Waals surface area contributed by atoms with Gasteiger partial charge >= 0.3 is 0 Å². The number of allylic oxidation sites excluding steroid dienone is 2. The highest BCUT2D eigenvalue weighted by Gasteiger charge is 2.30. The molecular weight excluding hydrogens is 715 g/mol. The Morgan fingerprint density at radius 1 is 0.475 bits per heavy atom. The van der Waals surface area contributed by atoms with E-state index in [1.807, 2.05) is 31.2 Å². The summed E-state index contributed by atoms with van der Waals surface area (Å²) in [6.45, 7) is 5.81. The smallest absolute Gasteiger partial charge is 0.0900 e. The first kappa shape index (κ1) is 35.6. The summed E-state index contributed by atoms with van der Waals surface area (Å²) in [7, 11) is 0. The van der Waals surface area contributed by atoms with E-state index >= 15 is 0 Å². The van der Waals surface area contributed by atoms with Crippen molar-refractivity contribution in [3.63, 3.8) is 0 Å². The summed E-state index contributed by atoms with van der Waals surface area (Å²) in [5.74, 6) is 0. The van der Waals surface area contributed by atoms with Crippen molar-refractivity contribution in [3.8, 4) is 89.3 Å². The van der Waals surface area contributed by atoms with Crippen LogP contribution < -0.4 is 0 Å². The first-order valence-electron chi connectivity index (χ1n) is 20.0. The number of aromatic nitrogens is 2. The minimum absolute atomic E-state index is 0.745. The fourth-order valence-electron chi connectivity index (χ4n) is 8.58. The molecule has 59 heavy (non-hydrogen) atoms. The molecule has 1 aliphatic carbocycles. The molecule has 3 heteroatoms. The maximum Gasteiger partial charge on any atom is 0.0900 e. The Bertz CT molecular complexity index is 3070. The van der Waals surface area contributed by atoms with E-state index in [-0.39, 0.29) is 0 Å². The van der Waals surface area contributed by atoms with Gasteiger partial charge in [-0.2, -0.15) is 0 Å². The predicted octanol–water partition coefficient (Wildman–Crippen LogP) is 14.9. The Morgan fingerprint density at radius 3 is 1.68 bits per heavy atom. The third-order valence-corrected chi connectivity index (χ3v) is 11.2. The van der Waals surface area contributed by atoms with Gasteiger partial charge in [-0.25, -0.2) is 4.98 Å². The van der Waals surface area contributed by atoms with Crippen molar-refractivity contribution in [3.05, 3.63) is 213 Å². The molecule has 0 aliphatic heterocycles. The van der Waals surface area contributed by atoms with Crippen molar-refractivity contribution in [2.24, 2.45) is 4.99 Å². The number of rotatable bonds is 9. The lowest BCUT2D eigenvalue weighted by molar-refractivity contribution is 1.21. The Kier molecular flexibility index (Phi) is 9.25. The number of nitrogens with zero attached hydrogens (tertiary/aromatic N) is 3. The van der Waals surface area contributed by atoms with Crippen LogP contribution >= 0.6 is 0 Å². The first-order valence-corrected chi connectivity index (χ1v) is 20.0. The predicted molar refractivity (Wildman–Crippen MR) is 249 cm³/mol. The third-order valence-electron chi connectivity index (χ3n) is 11.2. The minimum atomic E-state index is 0.745. The number of hydrogen-bond donors (Lipinski definition) is 0. The highest BCUT2D eigenvalue weighted by atomic mass is 14.8. The molecule has 0 radical (unpaired) electrons. The van der Waals surface area contributed by atoms with Crippen molar-refractivity contribution in [2.45, 2.75) is 6.92 Å². The first-order chi connectivity index (χ1) is 29.2. The van der Waals surface area contributed by atoms with E-state index in [1.54, 1.807) is 18.5 Å². The van der Waals surface area contributed by atoms with Crippen molar-refractivity contribution in [1.82, 2.24) is 9.97 Å². The maximum absolute atomic E-state index is 4.96. The molecule has 7 aromatic carbocycles. The van der Waals surface area contributed by atoms with Crippen molar-refractivity contribution >= 4 is 22.7 Å². The van der Waals surface area contributed by atoms with Crippen LogP contribution in [0, 0.1) is 0 Å². The number of pyridine rings is 2. The van der Waals surface area contributed by atoms with Gasteiger partial charge in [0.1, 0.15) is 0 Å². The fourth-order valence-corrected chi connectivity index (χ4v) is 8.58. The van der Waals surface area contributed by atoms with Crippen LogP contribution in [0.2, 0.25) is 0 Å². The zero-order valence-corrected chi connectivity index (χ0v) is 32.7. The lowest BCUT2D eigenvalue weighted by atomic mass is 9.82. The monoisotopic (exact) mass is 753 g/mol. The Hall–Kier alpha value is -7.75. The molecular formula is C56H39N3. The SMILES string of the molecule is C=C/C=C(\N=CC)c1cc(-c2ccc(-c3ccc(-c4cc(-c5ccccc5)c5c(c4-c4ccccc4)-c4cccc6cccc-5c46)cc3)cc2)cc(-c2ccccn2)n1. The molecule has 0 fully saturated rings. The molecule has 10 rings (SSSR count). The maximum atomic E-state index is 4.96. The van der Waals surface area contributed by atoms with E-state index in [2.05, 4.69) is 180 Å². The number of hydrogen-bond acceptors (Lipinski definition) is 3. The average Bonchev–Trinajstić information content (AvgIpc) is 3.64. The normalized spacial score (nSPS) is 11.9. The molecule has 3 nitrogen and oxygen atoms in total. The van der Waals surface area contributed by atoms with Crippen LogP contribution in [-0.4, -0.2) is 16.2 Å². The molecule has 278 valence electrons. The molecule has 0 spiro atoms. The van der Waals surface area contributed by atoms with Crippen molar-refractivity contribution in [1.29, 1.82) is 0 Å². The van der Waals surface area contributed by atoms with Gasteiger partial charge in [-0.1, -0.05) is 164 Å². The van der Waals surface area contributed by atoms with Gasteiger partial charge in [0, 0.05) is 12.4 Å². The lowest BCUT2D eigenvalue weighted by Crippen LogP contribution is -1.95. The minimum Gasteiger partial charge on any atom is -0.259 e. The van der Waals surface area contributed by atoms with Gasteiger partial charge in [0.2, 0.25) is 0 Å². The Morgan fingerprint density at radius 2 is 1.05 bits per heavy atom. The van der Waals surface area contributed by atoms with Gasteiger partial charge in [-0.15, -0.1) is 0 Å². The van der Waals surface area contributed by atoms with Crippen LogP contribution in [0.1, 0.15) is 12.6 Å². The largest absolute Gasteiger partial charge is 0.259 e. The fraction of sp³-hybridized carbons (Fsp3) is 0.0179. The summed E-state index contributed by atoms with van der Waals surface area (Å²) >= 11 is 0. The zero-order chi connectivity index (χ0) is 39.7. The van der Waals surface area contributed by atoms with Gasteiger partial charge in [-0.3, -0.25) is 9.98 Å². The third kappa shape index (κ3) is 6.49. The molecule has 0 N–H and O–H groups in total. The number of benzene rings is 7. The average molecular weight is 754 g/mol. The van der Waals surface area contributed by atoms with E-state index in [1.165, 1.54) is 66.4 Å².